The molecule has 0 aromatic heterocycles. The molecule has 5 nitrogen and oxygen atoms in total. The molecule has 1 heterocycles. The summed E-state index contributed by atoms with van der Waals surface area (Å²) < 4.78 is 0. The van der Waals surface area contributed by atoms with Gasteiger partial charge in [-0.15, -0.1) is 0 Å². The van der Waals surface area contributed by atoms with Gasteiger partial charge in [-0.05, 0) is 23.6 Å². The molecule has 2 aromatic carbocycles. The van der Waals surface area contributed by atoms with Gasteiger partial charge in [0.15, 0.2) is 0 Å². The second kappa shape index (κ2) is 7.12. The normalized spacial score (nSPS) is 14.5. The molecule has 5 heteroatoms. The van der Waals surface area contributed by atoms with Crippen LogP contribution in [0.1, 0.15) is 40.1 Å². The van der Waals surface area contributed by atoms with E-state index in [2.05, 4.69) is 0 Å². The molecule has 0 bridgehead atoms. The predicted octanol–water partition coefficient (Wildman–Crippen LogP) is 2.97. The van der Waals surface area contributed by atoms with Crippen LogP contribution < -0.4 is 0 Å². The van der Waals surface area contributed by atoms with E-state index in [1.807, 2.05) is 44.2 Å². The SMILES string of the molecule is CC(C)[C@@H](C(=O)N(C)Cc1ccccc1)N1C(=O)c2ccccc2C1=O. The Bertz CT molecular complexity index is 810. The molecule has 0 saturated carbocycles. The number of benzene rings is 2. The third kappa shape index (κ3) is 3.12. The Morgan fingerprint density at radius 3 is 1.92 bits per heavy atom. The molecule has 134 valence electrons. The van der Waals surface area contributed by atoms with Crippen LogP contribution in [-0.2, 0) is 11.3 Å². The van der Waals surface area contributed by atoms with E-state index in [-0.39, 0.29) is 11.8 Å². The lowest BCUT2D eigenvalue weighted by molar-refractivity contribution is -0.136. The summed E-state index contributed by atoms with van der Waals surface area (Å²) >= 11 is 0. The van der Waals surface area contributed by atoms with Crippen molar-refractivity contribution in [3.05, 3.63) is 71.3 Å². The van der Waals surface area contributed by atoms with Crippen molar-refractivity contribution in [2.45, 2.75) is 26.4 Å². The third-order valence-electron chi connectivity index (χ3n) is 4.63. The van der Waals surface area contributed by atoms with Crippen LogP contribution in [0.3, 0.4) is 0 Å². The van der Waals surface area contributed by atoms with Crippen molar-refractivity contribution in [3.8, 4) is 0 Å². The van der Waals surface area contributed by atoms with Gasteiger partial charge in [-0.2, -0.15) is 0 Å². The second-order valence-electron chi connectivity index (χ2n) is 6.89. The lowest BCUT2D eigenvalue weighted by Crippen LogP contribution is -2.52. The highest BCUT2D eigenvalue weighted by atomic mass is 16.2. The number of imide groups is 1. The quantitative estimate of drug-likeness (QED) is 0.779. The first-order valence-electron chi connectivity index (χ1n) is 8.67. The topological polar surface area (TPSA) is 57.7 Å². The largest absolute Gasteiger partial charge is 0.340 e. The van der Waals surface area contributed by atoms with Crippen LogP contribution in [-0.4, -0.2) is 40.6 Å². The third-order valence-corrected chi connectivity index (χ3v) is 4.63. The summed E-state index contributed by atoms with van der Waals surface area (Å²) in [6.07, 6.45) is 0. The van der Waals surface area contributed by atoms with E-state index in [0.717, 1.165) is 10.5 Å². The molecule has 3 rings (SSSR count). The summed E-state index contributed by atoms with van der Waals surface area (Å²) in [5, 5.41) is 0. The lowest BCUT2D eigenvalue weighted by atomic mass is 10.0. The van der Waals surface area contributed by atoms with Gasteiger partial charge >= 0.3 is 0 Å². The minimum absolute atomic E-state index is 0.192. The molecule has 0 fully saturated rings. The Balaban J connectivity index is 1.87. The van der Waals surface area contributed by atoms with Crippen molar-refractivity contribution in [2.75, 3.05) is 7.05 Å². The van der Waals surface area contributed by atoms with E-state index < -0.39 is 17.9 Å². The molecule has 0 N–H and O–H groups in total. The molecule has 0 radical (unpaired) electrons. The predicted molar refractivity (Wildman–Crippen MR) is 98.5 cm³/mol. The van der Waals surface area contributed by atoms with Crippen molar-refractivity contribution in [1.29, 1.82) is 0 Å². The highest BCUT2D eigenvalue weighted by Gasteiger charge is 2.44. The molecular weight excluding hydrogens is 328 g/mol. The average molecular weight is 350 g/mol. The van der Waals surface area contributed by atoms with Gasteiger partial charge in [0.05, 0.1) is 11.1 Å². The lowest BCUT2D eigenvalue weighted by Gasteiger charge is -2.32. The van der Waals surface area contributed by atoms with Crippen LogP contribution in [0, 0.1) is 5.92 Å². The zero-order valence-electron chi connectivity index (χ0n) is 15.2. The van der Waals surface area contributed by atoms with Crippen LogP contribution in [0.4, 0.5) is 0 Å². The van der Waals surface area contributed by atoms with Gasteiger partial charge in [-0.3, -0.25) is 19.3 Å². The van der Waals surface area contributed by atoms with Crippen LogP contribution >= 0.6 is 0 Å². The Hall–Kier alpha value is -2.95. The zero-order chi connectivity index (χ0) is 18.8. The highest BCUT2D eigenvalue weighted by Crippen LogP contribution is 2.28. The summed E-state index contributed by atoms with van der Waals surface area (Å²) in [6, 6.07) is 15.5. The fraction of sp³-hybridized carbons (Fsp3) is 0.286. The number of amides is 3. The van der Waals surface area contributed by atoms with E-state index in [0.29, 0.717) is 17.7 Å². The Morgan fingerprint density at radius 2 is 1.42 bits per heavy atom. The standard InChI is InChI=1S/C21H22N2O3/c1-14(2)18(21(26)22(3)13-15-9-5-4-6-10-15)23-19(24)16-11-7-8-12-17(16)20(23)25/h4-12,14,18H,13H2,1-3H3/t18-/m0/s1. The zero-order valence-corrected chi connectivity index (χ0v) is 15.2. The molecule has 1 aliphatic rings. The molecular formula is C21H22N2O3. The molecule has 3 amide bonds. The van der Waals surface area contributed by atoms with Gasteiger partial charge in [0.1, 0.15) is 6.04 Å². The van der Waals surface area contributed by atoms with Gasteiger partial charge in [0.25, 0.3) is 11.8 Å². The van der Waals surface area contributed by atoms with Gasteiger partial charge in [-0.25, -0.2) is 0 Å². The molecule has 0 unspecified atom stereocenters. The van der Waals surface area contributed by atoms with Gasteiger partial charge in [0, 0.05) is 13.6 Å². The summed E-state index contributed by atoms with van der Waals surface area (Å²) in [5.41, 5.74) is 1.72. The van der Waals surface area contributed by atoms with Gasteiger partial charge in [0.2, 0.25) is 5.91 Å². The minimum atomic E-state index is -0.823. The van der Waals surface area contributed by atoms with Crippen molar-refractivity contribution in [3.63, 3.8) is 0 Å². The van der Waals surface area contributed by atoms with E-state index in [1.54, 1.807) is 36.2 Å². The number of hydrogen-bond acceptors (Lipinski definition) is 3. The molecule has 2 aromatic rings. The van der Waals surface area contributed by atoms with E-state index in [4.69, 9.17) is 0 Å². The first-order valence-corrected chi connectivity index (χ1v) is 8.67. The highest BCUT2D eigenvalue weighted by molar-refractivity contribution is 6.22. The molecule has 1 atom stereocenters. The van der Waals surface area contributed by atoms with Gasteiger partial charge in [-0.1, -0.05) is 56.3 Å². The Kier molecular flexibility index (Phi) is 4.89. The van der Waals surface area contributed by atoms with Crippen molar-refractivity contribution in [1.82, 2.24) is 9.80 Å². The molecule has 26 heavy (non-hydrogen) atoms. The van der Waals surface area contributed by atoms with Crippen LogP contribution in [0.25, 0.3) is 0 Å². The maximum Gasteiger partial charge on any atom is 0.262 e. The summed E-state index contributed by atoms with van der Waals surface area (Å²) in [6.45, 7) is 4.12. The van der Waals surface area contributed by atoms with Crippen molar-refractivity contribution in [2.24, 2.45) is 5.92 Å². The smallest absolute Gasteiger partial charge is 0.262 e. The number of carbonyl (C=O) groups excluding carboxylic acids is 3. The summed E-state index contributed by atoms with van der Waals surface area (Å²) in [5.74, 6) is -1.22. The molecule has 0 saturated heterocycles. The van der Waals surface area contributed by atoms with E-state index >= 15 is 0 Å². The Morgan fingerprint density at radius 1 is 0.923 bits per heavy atom. The summed E-state index contributed by atoms with van der Waals surface area (Å²) in [4.78, 5) is 41.3. The average Bonchev–Trinajstić information content (AvgIpc) is 2.88. The Labute approximate surface area is 153 Å². The summed E-state index contributed by atoms with van der Waals surface area (Å²) in [7, 11) is 1.70. The number of hydrogen-bond donors (Lipinski definition) is 0. The first kappa shape index (κ1) is 17.9. The first-order chi connectivity index (χ1) is 12.4. The number of carbonyl (C=O) groups is 3. The van der Waals surface area contributed by atoms with E-state index in [1.165, 1.54) is 0 Å². The monoisotopic (exact) mass is 350 g/mol. The number of nitrogens with zero attached hydrogens (tertiary/aromatic N) is 2. The second-order valence-corrected chi connectivity index (χ2v) is 6.89. The van der Waals surface area contributed by atoms with Crippen LogP contribution in [0.2, 0.25) is 0 Å². The maximum atomic E-state index is 13.1. The fourth-order valence-electron chi connectivity index (χ4n) is 3.32. The fourth-order valence-corrected chi connectivity index (χ4v) is 3.32. The van der Waals surface area contributed by atoms with Crippen molar-refractivity contribution < 1.29 is 14.4 Å². The van der Waals surface area contributed by atoms with E-state index in [9.17, 15) is 14.4 Å². The number of rotatable bonds is 5. The van der Waals surface area contributed by atoms with Crippen LogP contribution in [0.15, 0.2) is 54.6 Å². The number of fused-ring (bicyclic) bond motifs is 1. The maximum absolute atomic E-state index is 13.1. The van der Waals surface area contributed by atoms with Gasteiger partial charge < -0.3 is 4.90 Å². The molecule has 0 spiro atoms. The van der Waals surface area contributed by atoms with Crippen LogP contribution in [0.5, 0.6) is 0 Å². The number of likely N-dealkylation sites (N-methyl/N-ethyl adjacent to an activating group) is 1. The van der Waals surface area contributed by atoms with Crippen molar-refractivity contribution >= 4 is 17.7 Å². The molecule has 0 aliphatic carbocycles. The minimum Gasteiger partial charge on any atom is -0.340 e. The molecule has 1 aliphatic heterocycles.